The molecule has 5 aromatic rings. The van der Waals surface area contributed by atoms with Crippen molar-refractivity contribution in [1.82, 2.24) is 24.0 Å². The SMILES string of the molecule is Cc1ccc2nc(CSc3nnc4cc(C)c5ccccc5n34)cc(=O)n2c1. The van der Waals surface area contributed by atoms with Crippen molar-refractivity contribution in [2.45, 2.75) is 24.8 Å². The second-order valence-electron chi connectivity index (χ2n) is 6.83. The van der Waals surface area contributed by atoms with E-state index >= 15 is 0 Å². The van der Waals surface area contributed by atoms with Crippen LogP contribution in [-0.4, -0.2) is 24.0 Å². The van der Waals surface area contributed by atoms with Gasteiger partial charge in [-0.25, -0.2) is 4.98 Å². The average Bonchev–Trinajstić information content (AvgIpc) is 3.10. The lowest BCUT2D eigenvalue weighted by molar-refractivity contribution is 0.936. The lowest BCUT2D eigenvalue weighted by atomic mass is 10.1. The monoisotopic (exact) mass is 387 g/mol. The molecule has 0 bridgehead atoms. The first kappa shape index (κ1) is 16.9. The summed E-state index contributed by atoms with van der Waals surface area (Å²) < 4.78 is 3.64. The maximum atomic E-state index is 12.4. The van der Waals surface area contributed by atoms with Crippen LogP contribution in [0.2, 0.25) is 0 Å². The van der Waals surface area contributed by atoms with Gasteiger partial charge in [-0.05, 0) is 43.2 Å². The van der Waals surface area contributed by atoms with Crippen LogP contribution in [0.3, 0.4) is 0 Å². The number of fused-ring (bicyclic) bond motifs is 4. The number of benzene rings is 1. The van der Waals surface area contributed by atoms with Crippen LogP contribution in [-0.2, 0) is 5.75 Å². The molecule has 0 radical (unpaired) electrons. The Hall–Kier alpha value is -3.19. The van der Waals surface area contributed by atoms with E-state index < -0.39 is 0 Å². The summed E-state index contributed by atoms with van der Waals surface area (Å²) in [5, 5.41) is 10.7. The van der Waals surface area contributed by atoms with E-state index in [0.717, 1.165) is 27.6 Å². The minimum Gasteiger partial charge on any atom is -0.270 e. The standard InChI is InChI=1S/C21H17N5OS/c1-13-7-8-18-22-15(10-20(27)25(18)11-13)12-28-21-24-23-19-9-14(2)16-5-3-4-6-17(16)26(19)21/h3-11H,12H2,1-2H3. The fourth-order valence-electron chi connectivity index (χ4n) is 3.44. The summed E-state index contributed by atoms with van der Waals surface area (Å²) in [5.41, 5.74) is 5.40. The summed E-state index contributed by atoms with van der Waals surface area (Å²) in [6, 6.07) is 15.7. The number of nitrogens with zero attached hydrogens (tertiary/aromatic N) is 5. The molecule has 0 saturated heterocycles. The molecule has 0 N–H and O–H groups in total. The number of hydrogen-bond donors (Lipinski definition) is 0. The summed E-state index contributed by atoms with van der Waals surface area (Å²) >= 11 is 1.53. The van der Waals surface area contributed by atoms with Gasteiger partial charge in [0.15, 0.2) is 10.8 Å². The average molecular weight is 387 g/mol. The Morgan fingerprint density at radius 2 is 1.86 bits per heavy atom. The van der Waals surface area contributed by atoms with Gasteiger partial charge in [-0.3, -0.25) is 13.6 Å². The molecule has 1 aromatic carbocycles. The first-order chi connectivity index (χ1) is 13.6. The molecule has 0 spiro atoms. The molecule has 7 heteroatoms. The van der Waals surface area contributed by atoms with Crippen molar-refractivity contribution in [2.75, 3.05) is 0 Å². The van der Waals surface area contributed by atoms with Crippen molar-refractivity contribution < 1.29 is 0 Å². The zero-order valence-electron chi connectivity index (χ0n) is 15.5. The van der Waals surface area contributed by atoms with Gasteiger partial charge in [0.05, 0.1) is 11.2 Å². The van der Waals surface area contributed by atoms with Crippen molar-refractivity contribution >= 4 is 34.0 Å². The highest BCUT2D eigenvalue weighted by molar-refractivity contribution is 7.98. The van der Waals surface area contributed by atoms with Gasteiger partial charge >= 0.3 is 0 Å². The molecule has 0 amide bonds. The third kappa shape index (κ3) is 2.75. The maximum Gasteiger partial charge on any atom is 0.258 e. The second-order valence-corrected chi connectivity index (χ2v) is 7.77. The van der Waals surface area contributed by atoms with Gasteiger partial charge in [-0.2, -0.15) is 0 Å². The minimum absolute atomic E-state index is 0.0727. The molecular formula is C21H17N5OS. The number of pyridine rings is 2. The van der Waals surface area contributed by atoms with Crippen molar-refractivity contribution in [3.63, 3.8) is 0 Å². The molecule has 0 fully saturated rings. The summed E-state index contributed by atoms with van der Waals surface area (Å²) in [6.07, 6.45) is 1.81. The smallest absolute Gasteiger partial charge is 0.258 e. The van der Waals surface area contributed by atoms with Crippen LogP contribution in [0.25, 0.3) is 22.2 Å². The number of rotatable bonds is 3. The molecule has 0 aliphatic rings. The van der Waals surface area contributed by atoms with E-state index in [2.05, 4.69) is 38.6 Å². The highest BCUT2D eigenvalue weighted by atomic mass is 32.2. The lowest BCUT2D eigenvalue weighted by Crippen LogP contribution is -2.15. The Balaban J connectivity index is 1.55. The summed E-state index contributed by atoms with van der Waals surface area (Å²) in [7, 11) is 0. The molecule has 5 rings (SSSR count). The maximum absolute atomic E-state index is 12.4. The van der Waals surface area contributed by atoms with E-state index in [0.29, 0.717) is 11.4 Å². The van der Waals surface area contributed by atoms with Crippen LogP contribution in [0.15, 0.2) is 64.7 Å². The van der Waals surface area contributed by atoms with Gasteiger partial charge in [-0.1, -0.05) is 36.0 Å². The fourth-order valence-corrected chi connectivity index (χ4v) is 4.28. The van der Waals surface area contributed by atoms with Gasteiger partial charge in [0, 0.05) is 23.4 Å². The highest BCUT2D eigenvalue weighted by Gasteiger charge is 2.12. The molecule has 4 aromatic heterocycles. The quantitative estimate of drug-likeness (QED) is 0.441. The van der Waals surface area contributed by atoms with E-state index in [-0.39, 0.29) is 5.56 Å². The van der Waals surface area contributed by atoms with Crippen LogP contribution in [0.1, 0.15) is 16.8 Å². The van der Waals surface area contributed by atoms with E-state index in [9.17, 15) is 4.79 Å². The first-order valence-electron chi connectivity index (χ1n) is 8.95. The summed E-state index contributed by atoms with van der Waals surface area (Å²) in [6.45, 7) is 4.04. The van der Waals surface area contributed by atoms with Crippen LogP contribution in [0, 0.1) is 13.8 Å². The van der Waals surface area contributed by atoms with E-state index in [4.69, 9.17) is 0 Å². The van der Waals surface area contributed by atoms with Crippen LogP contribution in [0.5, 0.6) is 0 Å². The normalized spacial score (nSPS) is 11.6. The Labute approximate surface area is 164 Å². The molecule has 0 atom stereocenters. The molecule has 0 aliphatic carbocycles. The molecule has 6 nitrogen and oxygen atoms in total. The third-order valence-corrected chi connectivity index (χ3v) is 5.75. The van der Waals surface area contributed by atoms with Crippen LogP contribution in [0.4, 0.5) is 0 Å². The van der Waals surface area contributed by atoms with Crippen molar-refractivity contribution in [2.24, 2.45) is 0 Å². The highest BCUT2D eigenvalue weighted by Crippen LogP contribution is 2.27. The lowest BCUT2D eigenvalue weighted by Gasteiger charge is -2.07. The summed E-state index contributed by atoms with van der Waals surface area (Å²) in [5.74, 6) is 0.544. The van der Waals surface area contributed by atoms with Gasteiger partial charge in [-0.15, -0.1) is 10.2 Å². The predicted molar refractivity (Wildman–Crippen MR) is 111 cm³/mol. The number of aryl methyl sites for hydroxylation is 2. The molecule has 138 valence electrons. The molecular weight excluding hydrogens is 370 g/mol. The Bertz CT molecular complexity index is 1420. The number of hydrogen-bond acceptors (Lipinski definition) is 5. The minimum atomic E-state index is -0.0727. The zero-order chi connectivity index (χ0) is 19.3. The van der Waals surface area contributed by atoms with E-state index in [1.165, 1.54) is 22.7 Å². The molecule has 0 unspecified atom stereocenters. The van der Waals surface area contributed by atoms with Crippen molar-refractivity contribution in [3.05, 3.63) is 81.9 Å². The predicted octanol–water partition coefficient (Wildman–Crippen LogP) is 3.80. The molecule has 4 heterocycles. The second kappa shape index (κ2) is 6.45. The molecule has 0 aliphatic heterocycles. The Kier molecular flexibility index (Phi) is 3.91. The van der Waals surface area contributed by atoms with Crippen LogP contribution >= 0.6 is 11.8 Å². The van der Waals surface area contributed by atoms with Crippen LogP contribution < -0.4 is 5.56 Å². The molecule has 28 heavy (non-hydrogen) atoms. The van der Waals surface area contributed by atoms with Gasteiger partial charge in [0.2, 0.25) is 0 Å². The topological polar surface area (TPSA) is 64.6 Å². The summed E-state index contributed by atoms with van der Waals surface area (Å²) in [4.78, 5) is 17.0. The van der Waals surface area contributed by atoms with Gasteiger partial charge in [0.25, 0.3) is 5.56 Å². The zero-order valence-corrected chi connectivity index (χ0v) is 16.3. The number of aromatic nitrogens is 5. The van der Waals surface area contributed by atoms with Gasteiger partial charge in [0.1, 0.15) is 5.65 Å². The first-order valence-corrected chi connectivity index (χ1v) is 9.94. The Morgan fingerprint density at radius 3 is 2.75 bits per heavy atom. The Morgan fingerprint density at radius 1 is 1.00 bits per heavy atom. The molecule has 0 saturated carbocycles. The van der Waals surface area contributed by atoms with Crippen molar-refractivity contribution in [3.8, 4) is 0 Å². The number of thioether (sulfide) groups is 1. The third-order valence-electron chi connectivity index (χ3n) is 4.78. The largest absolute Gasteiger partial charge is 0.270 e. The van der Waals surface area contributed by atoms with E-state index in [1.807, 2.05) is 43.5 Å². The number of para-hydroxylation sites is 1. The van der Waals surface area contributed by atoms with Crippen molar-refractivity contribution in [1.29, 1.82) is 0 Å². The van der Waals surface area contributed by atoms with Gasteiger partial charge < -0.3 is 0 Å². The fraction of sp³-hybridized carbons (Fsp3) is 0.143. The van der Waals surface area contributed by atoms with E-state index in [1.54, 1.807) is 10.5 Å².